The third-order valence-electron chi connectivity index (χ3n) is 6.55. The summed E-state index contributed by atoms with van der Waals surface area (Å²) in [6, 6.07) is 13.9. The van der Waals surface area contributed by atoms with Gasteiger partial charge in [0.2, 0.25) is 11.0 Å². The number of benzene rings is 2. The Kier molecular flexibility index (Phi) is 8.64. The van der Waals surface area contributed by atoms with Crippen LogP contribution >= 0.6 is 11.5 Å². The third-order valence-corrected chi connectivity index (χ3v) is 7.37. The Hall–Kier alpha value is -3.33. The number of anilines is 1. The SMILES string of the molecule is COc1cccc(Cc2nsc(N3CCCC(C(=O)N(C)CCc4ccc(OC)c(OC)c4)C3)n2)c1. The molecule has 1 saturated heterocycles. The van der Waals surface area contributed by atoms with Crippen molar-refractivity contribution in [2.24, 2.45) is 5.92 Å². The zero-order chi connectivity index (χ0) is 25.5. The van der Waals surface area contributed by atoms with Gasteiger partial charge in [-0.2, -0.15) is 4.37 Å². The van der Waals surface area contributed by atoms with E-state index < -0.39 is 0 Å². The lowest BCUT2D eigenvalue weighted by Gasteiger charge is -2.33. The van der Waals surface area contributed by atoms with Crippen molar-refractivity contribution in [2.45, 2.75) is 25.7 Å². The Morgan fingerprint density at radius 1 is 1.08 bits per heavy atom. The molecule has 1 amide bonds. The Morgan fingerprint density at radius 3 is 2.69 bits per heavy atom. The lowest BCUT2D eigenvalue weighted by Crippen LogP contribution is -2.44. The van der Waals surface area contributed by atoms with Gasteiger partial charge in [0.1, 0.15) is 11.6 Å². The fourth-order valence-corrected chi connectivity index (χ4v) is 5.24. The van der Waals surface area contributed by atoms with Gasteiger partial charge in [0, 0.05) is 44.6 Å². The van der Waals surface area contributed by atoms with Gasteiger partial charge in [0.05, 0.1) is 27.2 Å². The molecule has 1 fully saturated rings. The van der Waals surface area contributed by atoms with Gasteiger partial charge < -0.3 is 24.0 Å². The van der Waals surface area contributed by atoms with Crippen molar-refractivity contribution < 1.29 is 19.0 Å². The van der Waals surface area contributed by atoms with Crippen molar-refractivity contribution in [2.75, 3.05) is 52.9 Å². The number of rotatable bonds is 10. The molecule has 192 valence electrons. The molecule has 8 nitrogen and oxygen atoms in total. The molecule has 36 heavy (non-hydrogen) atoms. The molecule has 1 aliphatic rings. The molecule has 0 aliphatic carbocycles. The molecule has 2 aromatic carbocycles. The summed E-state index contributed by atoms with van der Waals surface area (Å²) in [7, 11) is 6.81. The minimum atomic E-state index is -0.0418. The van der Waals surface area contributed by atoms with Crippen LogP contribution in [0.1, 0.15) is 29.8 Å². The molecule has 9 heteroatoms. The maximum atomic E-state index is 13.2. The van der Waals surface area contributed by atoms with Crippen molar-refractivity contribution in [3.63, 3.8) is 0 Å². The molecule has 1 atom stereocenters. The number of hydrogen-bond acceptors (Lipinski definition) is 8. The zero-order valence-electron chi connectivity index (χ0n) is 21.4. The number of ether oxygens (including phenoxy) is 3. The lowest BCUT2D eigenvalue weighted by atomic mass is 9.97. The van der Waals surface area contributed by atoms with E-state index in [1.807, 2.05) is 48.3 Å². The smallest absolute Gasteiger partial charge is 0.227 e. The monoisotopic (exact) mass is 510 g/mol. The Labute approximate surface area is 217 Å². The lowest BCUT2D eigenvalue weighted by molar-refractivity contribution is -0.134. The highest BCUT2D eigenvalue weighted by Crippen LogP contribution is 2.29. The summed E-state index contributed by atoms with van der Waals surface area (Å²) < 4.78 is 20.6. The van der Waals surface area contributed by atoms with Crippen molar-refractivity contribution in [3.8, 4) is 17.2 Å². The summed E-state index contributed by atoms with van der Waals surface area (Å²) in [4.78, 5) is 22.1. The van der Waals surface area contributed by atoms with E-state index in [0.29, 0.717) is 31.0 Å². The van der Waals surface area contributed by atoms with E-state index in [0.717, 1.165) is 53.6 Å². The maximum Gasteiger partial charge on any atom is 0.227 e. The van der Waals surface area contributed by atoms with E-state index in [1.165, 1.54) is 11.5 Å². The zero-order valence-corrected chi connectivity index (χ0v) is 22.2. The van der Waals surface area contributed by atoms with Crippen LogP contribution in [-0.4, -0.2) is 68.2 Å². The molecule has 1 aliphatic heterocycles. The van der Waals surface area contributed by atoms with Gasteiger partial charge in [-0.05, 0) is 54.7 Å². The highest BCUT2D eigenvalue weighted by molar-refractivity contribution is 7.09. The maximum absolute atomic E-state index is 13.2. The highest BCUT2D eigenvalue weighted by Gasteiger charge is 2.29. The number of methoxy groups -OCH3 is 3. The molecule has 0 saturated carbocycles. The van der Waals surface area contributed by atoms with E-state index >= 15 is 0 Å². The predicted octanol–water partition coefficient (Wildman–Crippen LogP) is 4.07. The van der Waals surface area contributed by atoms with Gasteiger partial charge in [0.25, 0.3) is 0 Å². The van der Waals surface area contributed by atoms with Gasteiger partial charge in [-0.15, -0.1) is 0 Å². The summed E-state index contributed by atoms with van der Waals surface area (Å²) in [5, 5.41) is 0.887. The first kappa shape index (κ1) is 25.8. The number of aromatic nitrogens is 2. The van der Waals surface area contributed by atoms with E-state index in [9.17, 15) is 4.79 Å². The molecule has 1 unspecified atom stereocenters. The second-order valence-corrected chi connectivity index (χ2v) is 9.74. The van der Waals surface area contributed by atoms with E-state index in [-0.39, 0.29) is 11.8 Å². The first-order valence-corrected chi connectivity index (χ1v) is 12.9. The Bertz CT molecular complexity index is 1170. The van der Waals surface area contributed by atoms with Crippen LogP contribution in [0.2, 0.25) is 0 Å². The number of amides is 1. The summed E-state index contributed by atoms with van der Waals surface area (Å²) >= 11 is 1.41. The molecule has 0 spiro atoms. The fraction of sp³-hybridized carbons (Fsp3) is 0.444. The Balaban J connectivity index is 1.33. The number of likely N-dealkylation sites (N-methyl/N-ethyl adjacent to an activating group) is 1. The fourth-order valence-electron chi connectivity index (χ4n) is 4.52. The predicted molar refractivity (Wildman–Crippen MR) is 142 cm³/mol. The first-order valence-electron chi connectivity index (χ1n) is 12.2. The number of piperidine rings is 1. The van der Waals surface area contributed by atoms with Crippen molar-refractivity contribution >= 4 is 22.6 Å². The average Bonchev–Trinajstić information content (AvgIpc) is 3.39. The van der Waals surface area contributed by atoms with Crippen LogP contribution in [0.4, 0.5) is 5.13 Å². The standard InChI is InChI=1S/C27H34N4O4S/c1-30(14-12-19-10-11-23(34-3)24(16-19)35-4)26(32)21-8-6-13-31(18-21)27-28-25(29-36-27)17-20-7-5-9-22(15-20)33-2/h5,7,9-11,15-16,21H,6,8,12-14,17-18H2,1-4H3. The second kappa shape index (κ2) is 12.1. The number of hydrogen-bond donors (Lipinski definition) is 0. The van der Waals surface area contributed by atoms with E-state index in [4.69, 9.17) is 19.2 Å². The molecular formula is C27H34N4O4S. The highest BCUT2D eigenvalue weighted by atomic mass is 32.1. The number of carbonyl (C=O) groups is 1. The summed E-state index contributed by atoms with van der Waals surface area (Å²) in [5.41, 5.74) is 2.22. The van der Waals surface area contributed by atoms with Crippen LogP contribution in [0.25, 0.3) is 0 Å². The summed E-state index contributed by atoms with van der Waals surface area (Å²) in [6.45, 7) is 2.22. The molecule has 1 aromatic heterocycles. The number of carbonyl (C=O) groups excluding carboxylic acids is 1. The second-order valence-electron chi connectivity index (χ2n) is 9.01. The van der Waals surface area contributed by atoms with Gasteiger partial charge in [-0.3, -0.25) is 4.79 Å². The molecular weight excluding hydrogens is 476 g/mol. The summed E-state index contributed by atoms with van der Waals surface area (Å²) in [6.07, 6.45) is 3.27. The van der Waals surface area contributed by atoms with Crippen LogP contribution in [0.3, 0.4) is 0 Å². The van der Waals surface area contributed by atoms with Crippen LogP contribution in [0.15, 0.2) is 42.5 Å². The quantitative estimate of drug-likeness (QED) is 0.407. The topological polar surface area (TPSA) is 77.0 Å². The molecule has 0 bridgehead atoms. The first-order chi connectivity index (χ1) is 17.5. The molecule has 3 aromatic rings. The normalized spacial score (nSPS) is 15.4. The van der Waals surface area contributed by atoms with Crippen molar-refractivity contribution in [1.29, 1.82) is 0 Å². The van der Waals surface area contributed by atoms with Crippen LogP contribution in [0, 0.1) is 5.92 Å². The molecule has 0 N–H and O–H groups in total. The average molecular weight is 511 g/mol. The van der Waals surface area contributed by atoms with Crippen molar-refractivity contribution in [1.82, 2.24) is 14.3 Å². The van der Waals surface area contributed by atoms with Crippen LogP contribution in [0.5, 0.6) is 17.2 Å². The van der Waals surface area contributed by atoms with E-state index in [2.05, 4.69) is 15.3 Å². The van der Waals surface area contributed by atoms with Crippen LogP contribution in [-0.2, 0) is 17.6 Å². The van der Waals surface area contributed by atoms with Gasteiger partial charge in [-0.25, -0.2) is 4.98 Å². The van der Waals surface area contributed by atoms with Gasteiger partial charge in [0.15, 0.2) is 11.5 Å². The minimum Gasteiger partial charge on any atom is -0.497 e. The van der Waals surface area contributed by atoms with Crippen molar-refractivity contribution in [3.05, 3.63) is 59.4 Å². The largest absolute Gasteiger partial charge is 0.497 e. The van der Waals surface area contributed by atoms with Gasteiger partial charge >= 0.3 is 0 Å². The van der Waals surface area contributed by atoms with Crippen LogP contribution < -0.4 is 19.1 Å². The summed E-state index contributed by atoms with van der Waals surface area (Å²) in [5.74, 6) is 3.17. The molecule has 4 rings (SSSR count). The number of nitrogens with zero attached hydrogens (tertiary/aromatic N) is 4. The van der Waals surface area contributed by atoms with Gasteiger partial charge in [-0.1, -0.05) is 18.2 Å². The van der Waals surface area contributed by atoms with E-state index in [1.54, 1.807) is 21.3 Å². The Morgan fingerprint density at radius 2 is 1.92 bits per heavy atom. The molecule has 2 heterocycles. The molecule has 0 radical (unpaired) electrons. The third kappa shape index (κ3) is 6.26. The minimum absolute atomic E-state index is 0.0418.